The highest BCUT2D eigenvalue weighted by molar-refractivity contribution is 5.96. The van der Waals surface area contributed by atoms with E-state index in [4.69, 9.17) is 9.72 Å². The largest absolute Gasteiger partial charge is 0.492 e. The fourth-order valence-corrected chi connectivity index (χ4v) is 5.32. The molecule has 230 valence electrons. The van der Waals surface area contributed by atoms with Crippen molar-refractivity contribution in [2.75, 3.05) is 27.2 Å². The molecule has 0 aliphatic heterocycles. The van der Waals surface area contributed by atoms with Gasteiger partial charge in [0.1, 0.15) is 29.4 Å². The van der Waals surface area contributed by atoms with Crippen molar-refractivity contribution in [3.05, 3.63) is 108 Å². The topological polar surface area (TPSA) is 121 Å². The molecule has 5 aromatic heterocycles. The average molecular weight is 614 g/mol. The van der Waals surface area contributed by atoms with Crippen LogP contribution >= 0.6 is 0 Å². The molecular formula is C35H32FN9O. The van der Waals surface area contributed by atoms with Crippen LogP contribution in [0.3, 0.4) is 0 Å². The minimum atomic E-state index is -0.408. The lowest BCUT2D eigenvalue weighted by atomic mass is 10.1. The van der Waals surface area contributed by atoms with Crippen LogP contribution in [-0.2, 0) is 13.1 Å². The molecule has 10 nitrogen and oxygen atoms in total. The highest BCUT2D eigenvalue weighted by Crippen LogP contribution is 2.33. The lowest BCUT2D eigenvalue weighted by Crippen LogP contribution is -2.19. The first-order valence-corrected chi connectivity index (χ1v) is 15.0. The van der Waals surface area contributed by atoms with Crippen molar-refractivity contribution in [3.63, 3.8) is 0 Å². The van der Waals surface area contributed by atoms with Gasteiger partial charge in [0.05, 0.1) is 16.6 Å². The number of hydrogen-bond acceptors (Lipinski definition) is 8. The Bertz CT molecular complexity index is 2120. The number of benzene rings is 2. The molecule has 0 bridgehead atoms. The summed E-state index contributed by atoms with van der Waals surface area (Å²) in [4.78, 5) is 23.9. The summed E-state index contributed by atoms with van der Waals surface area (Å²) in [5, 5.41) is 11.9. The van der Waals surface area contributed by atoms with Crippen LogP contribution in [0.2, 0.25) is 0 Å². The third-order valence-electron chi connectivity index (χ3n) is 7.62. The van der Waals surface area contributed by atoms with Crippen LogP contribution in [0.4, 0.5) is 4.39 Å². The Morgan fingerprint density at radius 2 is 1.70 bits per heavy atom. The Kier molecular flexibility index (Phi) is 8.15. The molecule has 5 heterocycles. The summed E-state index contributed by atoms with van der Waals surface area (Å²) in [6.45, 7) is 2.61. The number of halogens is 1. The molecule has 0 amide bonds. The summed E-state index contributed by atoms with van der Waals surface area (Å²) in [5.74, 6) is 0.577. The zero-order chi connectivity index (χ0) is 31.5. The molecule has 0 aliphatic carbocycles. The number of rotatable bonds is 11. The van der Waals surface area contributed by atoms with E-state index >= 15 is 0 Å². The van der Waals surface area contributed by atoms with Crippen LogP contribution in [0, 0.1) is 5.82 Å². The zero-order valence-corrected chi connectivity index (χ0v) is 25.5. The molecular weight excluding hydrogens is 581 g/mol. The molecule has 0 atom stereocenters. The fourth-order valence-electron chi connectivity index (χ4n) is 5.32. The zero-order valence-electron chi connectivity index (χ0n) is 25.5. The van der Waals surface area contributed by atoms with Crippen LogP contribution in [0.15, 0.2) is 91.5 Å². The van der Waals surface area contributed by atoms with Gasteiger partial charge in [0.15, 0.2) is 11.5 Å². The maximum Gasteiger partial charge on any atom is 0.159 e. The summed E-state index contributed by atoms with van der Waals surface area (Å²) >= 11 is 0. The van der Waals surface area contributed by atoms with Crippen molar-refractivity contribution in [3.8, 4) is 39.7 Å². The number of H-pyrrole nitrogens is 2. The number of aromatic amines is 2. The molecule has 0 radical (unpaired) electrons. The van der Waals surface area contributed by atoms with Gasteiger partial charge in [0, 0.05) is 67.2 Å². The van der Waals surface area contributed by atoms with Crippen molar-refractivity contribution in [2.45, 2.75) is 13.1 Å². The average Bonchev–Trinajstić information content (AvgIpc) is 3.69. The van der Waals surface area contributed by atoms with Gasteiger partial charge in [-0.15, -0.1) is 0 Å². The maximum atomic E-state index is 14.7. The monoisotopic (exact) mass is 613 g/mol. The molecule has 46 heavy (non-hydrogen) atoms. The third kappa shape index (κ3) is 6.32. The van der Waals surface area contributed by atoms with Crippen molar-refractivity contribution < 1.29 is 9.13 Å². The van der Waals surface area contributed by atoms with E-state index in [0.29, 0.717) is 59.4 Å². The second-order valence-corrected chi connectivity index (χ2v) is 11.3. The van der Waals surface area contributed by atoms with Crippen molar-refractivity contribution in [2.24, 2.45) is 0 Å². The summed E-state index contributed by atoms with van der Waals surface area (Å²) in [6, 6.07) is 20.9. The van der Waals surface area contributed by atoms with E-state index in [9.17, 15) is 4.39 Å². The van der Waals surface area contributed by atoms with Crippen molar-refractivity contribution >= 4 is 22.1 Å². The Morgan fingerprint density at radius 1 is 0.848 bits per heavy atom. The number of fused-ring (bicyclic) bond motifs is 2. The second-order valence-electron chi connectivity index (χ2n) is 11.3. The van der Waals surface area contributed by atoms with E-state index in [-0.39, 0.29) is 0 Å². The van der Waals surface area contributed by atoms with E-state index in [1.54, 1.807) is 12.3 Å². The first kappa shape index (κ1) is 29.2. The van der Waals surface area contributed by atoms with Gasteiger partial charge in [-0.3, -0.25) is 15.1 Å². The quantitative estimate of drug-likeness (QED) is 0.163. The number of nitrogens with one attached hydrogen (secondary N) is 3. The number of aromatic nitrogens is 7. The summed E-state index contributed by atoms with van der Waals surface area (Å²) < 4.78 is 20.5. The number of pyridine rings is 3. The molecule has 0 aliphatic rings. The van der Waals surface area contributed by atoms with Crippen molar-refractivity contribution in [1.29, 1.82) is 0 Å². The molecule has 7 rings (SSSR count). The van der Waals surface area contributed by atoms with E-state index in [0.717, 1.165) is 34.1 Å². The highest BCUT2D eigenvalue weighted by atomic mass is 19.1. The fraction of sp³-hybridized carbons (Fsp3) is 0.171. The predicted molar refractivity (Wildman–Crippen MR) is 176 cm³/mol. The Balaban J connectivity index is 1.17. The van der Waals surface area contributed by atoms with Gasteiger partial charge in [-0.1, -0.05) is 30.3 Å². The minimum Gasteiger partial charge on any atom is -0.492 e. The van der Waals surface area contributed by atoms with Gasteiger partial charge in [0.2, 0.25) is 0 Å². The standard InChI is InChI=1S/C35H32FN9O/c1-45(2)10-11-46-28-14-24(13-27(36)16-28)31-33-30(8-9-39-31)41-35(42-33)32-29-15-26(21-40-34(29)44-43-32)25-12-23(19-38-20-25)18-37-17-22-6-4-3-5-7-22/h3-9,12-16,19-21,37H,10-11,17-18H2,1-2H3,(H,41,42)(H,40,43,44). The van der Waals surface area contributed by atoms with Crippen LogP contribution in [0.5, 0.6) is 5.75 Å². The molecule has 0 unspecified atom stereocenters. The lowest BCUT2D eigenvalue weighted by Gasteiger charge is -2.12. The smallest absolute Gasteiger partial charge is 0.159 e. The van der Waals surface area contributed by atoms with Crippen LogP contribution in [-0.4, -0.2) is 67.3 Å². The molecule has 2 aromatic carbocycles. The van der Waals surface area contributed by atoms with Gasteiger partial charge in [-0.05, 0) is 55.6 Å². The molecule has 7 aromatic rings. The first-order valence-electron chi connectivity index (χ1n) is 15.0. The predicted octanol–water partition coefficient (Wildman–Crippen LogP) is 5.99. The molecule has 0 fully saturated rings. The van der Waals surface area contributed by atoms with E-state index in [1.807, 2.05) is 67.9 Å². The number of imidazole rings is 1. The minimum absolute atomic E-state index is 0.408. The normalized spacial score (nSPS) is 11.6. The number of nitrogens with zero attached hydrogens (tertiary/aromatic N) is 6. The second kappa shape index (κ2) is 12.8. The SMILES string of the molecule is CN(C)CCOc1cc(F)cc(-c2nccc3[nH]c(-c4n[nH]c5ncc(-c6cncc(CNCc7ccccc7)c6)cc45)nc23)c1. The van der Waals surface area contributed by atoms with Crippen LogP contribution < -0.4 is 10.1 Å². The molecule has 0 saturated heterocycles. The molecule has 3 N–H and O–H groups in total. The van der Waals surface area contributed by atoms with Gasteiger partial charge >= 0.3 is 0 Å². The maximum absolute atomic E-state index is 14.7. The number of likely N-dealkylation sites (N-methyl/N-ethyl adjacent to an activating group) is 1. The summed E-state index contributed by atoms with van der Waals surface area (Å²) in [6.07, 6.45) is 7.19. The van der Waals surface area contributed by atoms with E-state index < -0.39 is 5.82 Å². The lowest BCUT2D eigenvalue weighted by molar-refractivity contribution is 0.260. The first-order chi connectivity index (χ1) is 22.5. The van der Waals surface area contributed by atoms with Crippen LogP contribution in [0.25, 0.3) is 56.0 Å². The molecule has 0 spiro atoms. The van der Waals surface area contributed by atoms with Gasteiger partial charge in [-0.2, -0.15) is 5.10 Å². The summed E-state index contributed by atoms with van der Waals surface area (Å²) in [7, 11) is 3.92. The summed E-state index contributed by atoms with van der Waals surface area (Å²) in [5.41, 5.74) is 7.88. The molecule has 0 saturated carbocycles. The number of ether oxygens (including phenoxy) is 1. The Hall–Kier alpha value is -5.52. The van der Waals surface area contributed by atoms with E-state index in [2.05, 4.69) is 53.6 Å². The number of hydrogen-bond donors (Lipinski definition) is 3. The Labute approximate surface area is 264 Å². The van der Waals surface area contributed by atoms with Gasteiger partial charge in [-0.25, -0.2) is 14.4 Å². The molecule has 11 heteroatoms. The van der Waals surface area contributed by atoms with Gasteiger partial charge in [0.25, 0.3) is 0 Å². The third-order valence-corrected chi connectivity index (χ3v) is 7.62. The Morgan fingerprint density at radius 3 is 2.57 bits per heavy atom. The highest BCUT2D eigenvalue weighted by Gasteiger charge is 2.18. The van der Waals surface area contributed by atoms with Crippen LogP contribution in [0.1, 0.15) is 11.1 Å². The van der Waals surface area contributed by atoms with Crippen molar-refractivity contribution in [1.82, 2.24) is 45.3 Å². The van der Waals surface area contributed by atoms with Gasteiger partial charge < -0.3 is 19.9 Å². The van der Waals surface area contributed by atoms with E-state index in [1.165, 1.54) is 17.7 Å².